The number of carbonyl (C=O) groups is 1. The standard InChI is InChI=1S/C10H10F3NO2/c1-2-8(15)7-3-4-9(14-5-7)16-6-10(11,12)13/h3-5H,2,6H2,1H3. The first-order valence-electron chi connectivity index (χ1n) is 4.61. The van der Waals surface area contributed by atoms with Crippen LogP contribution in [0.25, 0.3) is 0 Å². The average molecular weight is 233 g/mol. The van der Waals surface area contributed by atoms with Crippen molar-refractivity contribution in [2.45, 2.75) is 19.5 Å². The molecule has 1 rings (SSSR count). The summed E-state index contributed by atoms with van der Waals surface area (Å²) in [6.45, 7) is 0.303. The highest BCUT2D eigenvalue weighted by Gasteiger charge is 2.28. The van der Waals surface area contributed by atoms with Gasteiger partial charge in [0.25, 0.3) is 0 Å². The van der Waals surface area contributed by atoms with Crippen LogP contribution in [0.1, 0.15) is 23.7 Å². The highest BCUT2D eigenvalue weighted by atomic mass is 19.4. The van der Waals surface area contributed by atoms with E-state index in [0.717, 1.165) is 0 Å². The fourth-order valence-electron chi connectivity index (χ4n) is 0.991. The largest absolute Gasteiger partial charge is 0.468 e. The van der Waals surface area contributed by atoms with Crippen LogP contribution in [0.3, 0.4) is 0 Å². The van der Waals surface area contributed by atoms with Crippen molar-refractivity contribution in [3.8, 4) is 5.88 Å². The summed E-state index contributed by atoms with van der Waals surface area (Å²) < 4.78 is 39.8. The molecule has 0 atom stereocenters. The lowest BCUT2D eigenvalue weighted by atomic mass is 10.1. The molecule has 3 nitrogen and oxygen atoms in total. The zero-order chi connectivity index (χ0) is 12.2. The minimum atomic E-state index is -4.39. The lowest BCUT2D eigenvalue weighted by molar-refractivity contribution is -0.154. The van der Waals surface area contributed by atoms with E-state index >= 15 is 0 Å². The number of pyridine rings is 1. The molecule has 0 aliphatic heterocycles. The summed E-state index contributed by atoms with van der Waals surface area (Å²) in [5, 5.41) is 0. The van der Waals surface area contributed by atoms with Gasteiger partial charge in [0.15, 0.2) is 12.4 Å². The van der Waals surface area contributed by atoms with E-state index in [1.54, 1.807) is 6.92 Å². The second kappa shape index (κ2) is 4.96. The summed E-state index contributed by atoms with van der Waals surface area (Å²) in [7, 11) is 0. The van der Waals surface area contributed by atoms with Gasteiger partial charge in [-0.2, -0.15) is 13.2 Å². The van der Waals surface area contributed by atoms with Gasteiger partial charge in [-0.25, -0.2) is 4.98 Å². The van der Waals surface area contributed by atoms with Gasteiger partial charge in [0, 0.05) is 24.2 Å². The molecule has 0 saturated heterocycles. The van der Waals surface area contributed by atoms with Crippen molar-refractivity contribution in [2.24, 2.45) is 0 Å². The highest BCUT2D eigenvalue weighted by Crippen LogP contribution is 2.17. The van der Waals surface area contributed by atoms with Gasteiger partial charge in [-0.15, -0.1) is 0 Å². The Labute approximate surface area is 90.2 Å². The van der Waals surface area contributed by atoms with Crippen molar-refractivity contribution in [2.75, 3.05) is 6.61 Å². The number of ether oxygens (including phenoxy) is 1. The smallest absolute Gasteiger partial charge is 0.422 e. The third-order valence-corrected chi connectivity index (χ3v) is 1.76. The van der Waals surface area contributed by atoms with Gasteiger partial charge in [-0.3, -0.25) is 4.79 Å². The monoisotopic (exact) mass is 233 g/mol. The van der Waals surface area contributed by atoms with E-state index in [-0.39, 0.29) is 11.7 Å². The van der Waals surface area contributed by atoms with Crippen molar-refractivity contribution >= 4 is 5.78 Å². The molecule has 1 heterocycles. The second-order valence-corrected chi connectivity index (χ2v) is 3.07. The lowest BCUT2D eigenvalue weighted by Gasteiger charge is -2.08. The van der Waals surface area contributed by atoms with Crippen molar-refractivity contribution in [3.05, 3.63) is 23.9 Å². The molecule has 0 fully saturated rings. The number of Topliss-reactive ketones (excluding diaryl/α,β-unsaturated/α-hetero) is 1. The van der Waals surface area contributed by atoms with Gasteiger partial charge in [-0.05, 0) is 6.07 Å². The number of nitrogens with zero attached hydrogens (tertiary/aromatic N) is 1. The Balaban J connectivity index is 2.62. The fourth-order valence-corrected chi connectivity index (χ4v) is 0.991. The summed E-state index contributed by atoms with van der Waals surface area (Å²) in [5.41, 5.74) is 0.363. The first kappa shape index (κ1) is 12.5. The molecule has 1 aromatic heterocycles. The molecule has 1 aromatic rings. The fraction of sp³-hybridized carbons (Fsp3) is 0.400. The molecular weight excluding hydrogens is 223 g/mol. The molecule has 16 heavy (non-hydrogen) atoms. The van der Waals surface area contributed by atoms with E-state index in [1.807, 2.05) is 0 Å². The number of aromatic nitrogens is 1. The van der Waals surface area contributed by atoms with Gasteiger partial charge in [0.05, 0.1) is 0 Å². The van der Waals surface area contributed by atoms with Gasteiger partial charge in [-0.1, -0.05) is 6.92 Å². The van der Waals surface area contributed by atoms with E-state index in [9.17, 15) is 18.0 Å². The van der Waals surface area contributed by atoms with Crippen LogP contribution in [0.2, 0.25) is 0 Å². The Morgan fingerprint density at radius 1 is 1.44 bits per heavy atom. The summed E-state index contributed by atoms with van der Waals surface area (Å²) in [4.78, 5) is 14.8. The Kier molecular flexibility index (Phi) is 3.87. The van der Waals surface area contributed by atoms with Crippen LogP contribution >= 0.6 is 0 Å². The molecule has 0 aromatic carbocycles. The topological polar surface area (TPSA) is 39.2 Å². The molecule has 0 aliphatic rings. The van der Waals surface area contributed by atoms with Crippen LogP contribution < -0.4 is 4.74 Å². The highest BCUT2D eigenvalue weighted by molar-refractivity contribution is 5.95. The summed E-state index contributed by atoms with van der Waals surface area (Å²) in [6, 6.07) is 2.64. The number of rotatable bonds is 4. The van der Waals surface area contributed by atoms with E-state index < -0.39 is 12.8 Å². The molecule has 6 heteroatoms. The average Bonchev–Trinajstić information content (AvgIpc) is 2.25. The quantitative estimate of drug-likeness (QED) is 0.750. The maximum Gasteiger partial charge on any atom is 0.422 e. The predicted octanol–water partition coefficient (Wildman–Crippen LogP) is 2.62. The van der Waals surface area contributed by atoms with E-state index in [1.165, 1.54) is 18.3 Å². The predicted molar refractivity (Wildman–Crippen MR) is 50.4 cm³/mol. The molecule has 0 spiro atoms. The first-order valence-corrected chi connectivity index (χ1v) is 4.61. The summed E-state index contributed by atoms with van der Waals surface area (Å²) in [6.07, 6.45) is -2.86. The van der Waals surface area contributed by atoms with Crippen LogP contribution in [0.15, 0.2) is 18.3 Å². The number of ketones is 1. The number of hydrogen-bond acceptors (Lipinski definition) is 3. The van der Waals surface area contributed by atoms with Crippen molar-refractivity contribution in [1.29, 1.82) is 0 Å². The molecular formula is C10H10F3NO2. The van der Waals surface area contributed by atoms with Crippen molar-refractivity contribution in [3.63, 3.8) is 0 Å². The molecule has 88 valence electrons. The van der Waals surface area contributed by atoms with Crippen LogP contribution in [-0.4, -0.2) is 23.6 Å². The number of alkyl halides is 3. The van der Waals surface area contributed by atoms with E-state index in [2.05, 4.69) is 9.72 Å². The zero-order valence-electron chi connectivity index (χ0n) is 8.54. The zero-order valence-corrected chi connectivity index (χ0v) is 8.54. The minimum Gasteiger partial charge on any atom is -0.468 e. The molecule has 0 unspecified atom stereocenters. The number of halogens is 3. The Morgan fingerprint density at radius 2 is 2.12 bits per heavy atom. The second-order valence-electron chi connectivity index (χ2n) is 3.07. The SMILES string of the molecule is CCC(=O)c1ccc(OCC(F)(F)F)nc1. The van der Waals surface area contributed by atoms with Crippen LogP contribution in [0.4, 0.5) is 13.2 Å². The normalized spacial score (nSPS) is 11.2. The number of hydrogen-bond donors (Lipinski definition) is 0. The van der Waals surface area contributed by atoms with E-state index in [4.69, 9.17) is 0 Å². The van der Waals surface area contributed by atoms with Crippen LogP contribution in [-0.2, 0) is 0 Å². The molecule has 0 bridgehead atoms. The van der Waals surface area contributed by atoms with E-state index in [0.29, 0.717) is 12.0 Å². The maximum absolute atomic E-state index is 11.8. The van der Waals surface area contributed by atoms with Crippen LogP contribution in [0, 0.1) is 0 Å². The van der Waals surface area contributed by atoms with Gasteiger partial charge < -0.3 is 4.74 Å². The van der Waals surface area contributed by atoms with Crippen LogP contribution in [0.5, 0.6) is 5.88 Å². The van der Waals surface area contributed by atoms with Gasteiger partial charge in [0.1, 0.15) is 0 Å². The lowest BCUT2D eigenvalue weighted by Crippen LogP contribution is -2.19. The molecule has 0 aliphatic carbocycles. The maximum atomic E-state index is 11.8. The third-order valence-electron chi connectivity index (χ3n) is 1.76. The summed E-state index contributed by atoms with van der Waals surface area (Å²) >= 11 is 0. The van der Waals surface area contributed by atoms with Crippen molar-refractivity contribution < 1.29 is 22.7 Å². The molecule has 0 amide bonds. The van der Waals surface area contributed by atoms with Crippen molar-refractivity contribution in [1.82, 2.24) is 4.98 Å². The molecule has 0 N–H and O–H groups in total. The Morgan fingerprint density at radius 3 is 2.56 bits per heavy atom. The molecule has 0 saturated carbocycles. The summed E-state index contributed by atoms with van der Waals surface area (Å²) in [5.74, 6) is -0.264. The third kappa shape index (κ3) is 3.88. The number of carbonyl (C=O) groups excluding carboxylic acids is 1. The Hall–Kier alpha value is -1.59. The Bertz CT molecular complexity index is 359. The minimum absolute atomic E-state index is 0.116. The van der Waals surface area contributed by atoms with Gasteiger partial charge in [0.2, 0.25) is 5.88 Å². The van der Waals surface area contributed by atoms with Gasteiger partial charge >= 0.3 is 6.18 Å². The molecule has 0 radical (unpaired) electrons. The first-order chi connectivity index (χ1) is 7.42.